The van der Waals surface area contributed by atoms with Gasteiger partial charge in [0.2, 0.25) is 34.8 Å². The molecule has 0 aliphatic rings. The van der Waals surface area contributed by atoms with Crippen LogP contribution in [0.2, 0.25) is 0 Å². The van der Waals surface area contributed by atoms with Crippen molar-refractivity contribution in [3.63, 3.8) is 0 Å². The Morgan fingerprint density at radius 3 is 1.81 bits per heavy atom. The molecule has 0 radical (unpaired) electrons. The van der Waals surface area contributed by atoms with Gasteiger partial charge in [0.1, 0.15) is 0 Å². The largest absolute Gasteiger partial charge is 0.416 e. The fraction of sp³-hybridized carbons (Fsp3) is 0.0909. The average Bonchev–Trinajstić information content (AvgIpc) is 2.80. The highest BCUT2D eigenvalue weighted by atomic mass is 19.2. The maximum Gasteiger partial charge on any atom is 0.343 e. The van der Waals surface area contributed by atoms with Crippen LogP contribution in [0.4, 0.5) is 22.0 Å². The van der Waals surface area contributed by atoms with Gasteiger partial charge in [-0.1, -0.05) is 30.3 Å². The monoisotopic (exact) mass is 435 g/mol. The first-order valence-corrected chi connectivity index (χ1v) is 8.95. The van der Waals surface area contributed by atoms with Gasteiger partial charge in [0.05, 0.1) is 5.56 Å². The molecule has 1 N–H and O–H groups in total. The molecule has 1 amide bonds. The number of benzene rings is 3. The molecule has 3 aromatic rings. The van der Waals surface area contributed by atoms with Crippen LogP contribution >= 0.6 is 0 Å². The Morgan fingerprint density at radius 2 is 1.23 bits per heavy atom. The van der Waals surface area contributed by atoms with Gasteiger partial charge in [-0.3, -0.25) is 4.79 Å². The van der Waals surface area contributed by atoms with Gasteiger partial charge in [-0.2, -0.15) is 8.78 Å². The molecular formula is C22H14F5NO3. The van der Waals surface area contributed by atoms with Crippen LogP contribution in [-0.4, -0.2) is 18.4 Å². The van der Waals surface area contributed by atoms with Crippen LogP contribution < -0.4 is 10.1 Å². The lowest BCUT2D eigenvalue weighted by Crippen LogP contribution is -2.25. The second kappa shape index (κ2) is 9.38. The number of ether oxygens (including phenoxy) is 1. The molecule has 0 bridgehead atoms. The van der Waals surface area contributed by atoms with Crippen LogP contribution in [0, 0.1) is 29.1 Å². The lowest BCUT2D eigenvalue weighted by molar-refractivity contribution is 0.0715. The average molecular weight is 435 g/mol. The lowest BCUT2D eigenvalue weighted by Gasteiger charge is -2.09. The number of carbonyl (C=O) groups excluding carboxylic acids is 2. The molecule has 0 saturated carbocycles. The topological polar surface area (TPSA) is 55.4 Å². The Hall–Kier alpha value is -3.75. The third kappa shape index (κ3) is 4.88. The van der Waals surface area contributed by atoms with Crippen molar-refractivity contribution in [3.05, 3.63) is 100 Å². The summed E-state index contributed by atoms with van der Waals surface area (Å²) in [5.41, 5.74) is 0.972. The molecule has 160 valence electrons. The second-order valence-electron chi connectivity index (χ2n) is 6.36. The predicted molar refractivity (Wildman–Crippen MR) is 100 cm³/mol. The van der Waals surface area contributed by atoms with Crippen molar-refractivity contribution < 1.29 is 36.3 Å². The summed E-state index contributed by atoms with van der Waals surface area (Å²) in [6.45, 7) is 0.368. The van der Waals surface area contributed by atoms with Crippen LogP contribution in [0.5, 0.6) is 5.75 Å². The Balaban J connectivity index is 1.65. The van der Waals surface area contributed by atoms with Crippen molar-refractivity contribution in [1.29, 1.82) is 0 Å². The Morgan fingerprint density at radius 1 is 0.710 bits per heavy atom. The van der Waals surface area contributed by atoms with Crippen molar-refractivity contribution in [2.75, 3.05) is 6.54 Å². The predicted octanol–water partition coefficient (Wildman–Crippen LogP) is 4.57. The fourth-order valence-corrected chi connectivity index (χ4v) is 2.65. The molecule has 0 heterocycles. The van der Waals surface area contributed by atoms with Crippen molar-refractivity contribution in [1.82, 2.24) is 5.32 Å². The quantitative estimate of drug-likeness (QED) is 0.203. The number of halogens is 5. The standard InChI is InChI=1S/C22H14F5NO3/c23-15-16(24)18(26)20(19(27)17(15)25)31-22(30)14-8-6-13(7-9-14)21(29)28-11-10-12-4-2-1-3-5-12/h1-9H,10-11H2,(H,28,29). The Bertz CT molecular complexity index is 1090. The van der Waals surface area contributed by atoms with Crippen molar-refractivity contribution in [2.24, 2.45) is 0 Å². The summed E-state index contributed by atoms with van der Waals surface area (Å²) >= 11 is 0. The summed E-state index contributed by atoms with van der Waals surface area (Å²) in [6.07, 6.45) is 0.610. The van der Waals surface area contributed by atoms with E-state index >= 15 is 0 Å². The number of rotatable bonds is 6. The van der Waals surface area contributed by atoms with Crippen LogP contribution in [0.3, 0.4) is 0 Å². The Kier molecular flexibility index (Phi) is 6.64. The molecule has 0 aliphatic carbocycles. The van der Waals surface area contributed by atoms with E-state index in [4.69, 9.17) is 0 Å². The van der Waals surface area contributed by atoms with E-state index in [1.54, 1.807) is 0 Å². The van der Waals surface area contributed by atoms with Crippen LogP contribution in [0.15, 0.2) is 54.6 Å². The van der Waals surface area contributed by atoms with E-state index in [0.717, 1.165) is 17.7 Å². The molecule has 9 heteroatoms. The molecule has 4 nitrogen and oxygen atoms in total. The smallest absolute Gasteiger partial charge is 0.343 e. The third-order valence-corrected chi connectivity index (χ3v) is 4.29. The van der Waals surface area contributed by atoms with Gasteiger partial charge in [-0.15, -0.1) is 0 Å². The molecule has 0 aliphatic heterocycles. The van der Waals surface area contributed by atoms with Crippen molar-refractivity contribution in [2.45, 2.75) is 6.42 Å². The summed E-state index contributed by atoms with van der Waals surface area (Å²) in [5, 5.41) is 2.70. The molecule has 0 spiro atoms. The summed E-state index contributed by atoms with van der Waals surface area (Å²) in [4.78, 5) is 24.2. The van der Waals surface area contributed by atoms with E-state index < -0.39 is 46.7 Å². The minimum atomic E-state index is -2.36. The van der Waals surface area contributed by atoms with Gasteiger partial charge in [0, 0.05) is 12.1 Å². The third-order valence-electron chi connectivity index (χ3n) is 4.29. The molecule has 0 saturated heterocycles. The minimum absolute atomic E-state index is 0.195. The van der Waals surface area contributed by atoms with E-state index in [2.05, 4.69) is 10.1 Å². The second-order valence-corrected chi connectivity index (χ2v) is 6.36. The summed E-state index contributed by atoms with van der Waals surface area (Å²) in [5.74, 6) is -14.8. The lowest BCUT2D eigenvalue weighted by atomic mass is 10.1. The summed E-state index contributed by atoms with van der Waals surface area (Å²) in [7, 11) is 0. The molecule has 0 atom stereocenters. The number of nitrogens with one attached hydrogen (secondary N) is 1. The SMILES string of the molecule is O=C(NCCc1ccccc1)c1ccc(C(=O)Oc2c(F)c(F)c(F)c(F)c2F)cc1. The maximum atomic E-state index is 13.6. The molecule has 0 fully saturated rings. The van der Waals surface area contributed by atoms with Gasteiger partial charge in [0.15, 0.2) is 0 Å². The van der Waals surface area contributed by atoms with E-state index in [9.17, 15) is 31.5 Å². The summed E-state index contributed by atoms with van der Waals surface area (Å²) < 4.78 is 71.1. The number of hydrogen-bond acceptors (Lipinski definition) is 3. The number of hydrogen-bond donors (Lipinski definition) is 1. The first-order valence-electron chi connectivity index (χ1n) is 8.95. The van der Waals surface area contributed by atoms with Gasteiger partial charge >= 0.3 is 5.97 Å². The van der Waals surface area contributed by atoms with Crippen LogP contribution in [-0.2, 0) is 6.42 Å². The minimum Gasteiger partial charge on any atom is -0.416 e. The van der Waals surface area contributed by atoms with Crippen molar-refractivity contribution >= 4 is 11.9 Å². The van der Waals surface area contributed by atoms with E-state index in [1.165, 1.54) is 12.1 Å². The maximum absolute atomic E-state index is 13.6. The van der Waals surface area contributed by atoms with Crippen LogP contribution in [0.1, 0.15) is 26.3 Å². The van der Waals surface area contributed by atoms with E-state index in [1.807, 2.05) is 30.3 Å². The van der Waals surface area contributed by atoms with E-state index in [0.29, 0.717) is 13.0 Å². The molecule has 31 heavy (non-hydrogen) atoms. The Labute approximate surface area is 173 Å². The molecule has 3 rings (SSSR count). The highest BCUT2D eigenvalue weighted by Crippen LogP contribution is 2.29. The number of amides is 1. The zero-order valence-electron chi connectivity index (χ0n) is 15.7. The molecule has 0 unspecified atom stereocenters. The first-order chi connectivity index (χ1) is 14.8. The normalized spacial score (nSPS) is 10.6. The fourth-order valence-electron chi connectivity index (χ4n) is 2.65. The zero-order chi connectivity index (χ0) is 22.5. The molecule has 3 aromatic carbocycles. The molecular weight excluding hydrogens is 421 g/mol. The zero-order valence-corrected chi connectivity index (χ0v) is 15.7. The number of esters is 1. The van der Waals surface area contributed by atoms with E-state index in [-0.39, 0.29) is 11.1 Å². The highest BCUT2D eigenvalue weighted by Gasteiger charge is 2.28. The highest BCUT2D eigenvalue weighted by molar-refractivity contribution is 5.96. The van der Waals surface area contributed by atoms with Gasteiger partial charge in [-0.25, -0.2) is 18.0 Å². The van der Waals surface area contributed by atoms with Gasteiger partial charge in [0.25, 0.3) is 5.91 Å². The van der Waals surface area contributed by atoms with Crippen LogP contribution in [0.25, 0.3) is 0 Å². The first kappa shape index (κ1) is 21.9. The number of carbonyl (C=O) groups is 2. The van der Waals surface area contributed by atoms with Gasteiger partial charge in [-0.05, 0) is 36.2 Å². The molecule has 0 aromatic heterocycles. The van der Waals surface area contributed by atoms with Gasteiger partial charge < -0.3 is 10.1 Å². The van der Waals surface area contributed by atoms with Crippen molar-refractivity contribution in [3.8, 4) is 5.75 Å². The summed E-state index contributed by atoms with van der Waals surface area (Å²) in [6, 6.07) is 14.2.